The van der Waals surface area contributed by atoms with Crippen molar-refractivity contribution in [3.63, 3.8) is 0 Å². The number of aliphatic hydroxyl groups is 1. The van der Waals surface area contributed by atoms with Gasteiger partial charge in [0.2, 0.25) is 0 Å². The van der Waals surface area contributed by atoms with Gasteiger partial charge in [0.15, 0.2) is 0 Å². The number of hydrogen-bond donors (Lipinski definition) is 1. The summed E-state index contributed by atoms with van der Waals surface area (Å²) in [6, 6.07) is 6.02. The molecule has 2 rings (SSSR count). The molecule has 0 aliphatic heterocycles. The number of ether oxygens (including phenoxy) is 2. The van der Waals surface area contributed by atoms with Gasteiger partial charge in [-0.2, -0.15) is 0 Å². The Labute approximate surface area is 115 Å². The second kappa shape index (κ2) is 5.93. The third-order valence-electron chi connectivity index (χ3n) is 3.29. The predicted molar refractivity (Wildman–Crippen MR) is 75.5 cm³/mol. The lowest BCUT2D eigenvalue weighted by atomic mass is 9.89. The molecule has 3 heteroatoms. The second-order valence-electron chi connectivity index (χ2n) is 6.08. The molecule has 0 aromatic heterocycles. The van der Waals surface area contributed by atoms with Gasteiger partial charge in [-0.1, -0.05) is 6.07 Å². The largest absolute Gasteiger partial charge is 0.491 e. The standard InChI is InChI=1S/C16H24O3/c1-16(2,3)19-10-9-18-13-8-7-12-5-4-6-15(17)14(12)11-13/h7-8,11,15,17H,4-6,9-10H2,1-3H3. The lowest BCUT2D eigenvalue weighted by Crippen LogP contribution is -2.22. The Morgan fingerprint density at radius 1 is 1.26 bits per heavy atom. The van der Waals surface area contributed by atoms with E-state index in [2.05, 4.69) is 6.07 Å². The van der Waals surface area contributed by atoms with Crippen molar-refractivity contribution in [1.82, 2.24) is 0 Å². The van der Waals surface area contributed by atoms with E-state index in [0.29, 0.717) is 13.2 Å². The summed E-state index contributed by atoms with van der Waals surface area (Å²) in [6.07, 6.45) is 2.63. The van der Waals surface area contributed by atoms with Gasteiger partial charge < -0.3 is 14.6 Å². The first-order valence-electron chi connectivity index (χ1n) is 7.03. The van der Waals surface area contributed by atoms with E-state index in [1.54, 1.807) is 0 Å². The average Bonchev–Trinajstić information content (AvgIpc) is 2.34. The zero-order valence-corrected chi connectivity index (χ0v) is 12.1. The molecule has 0 bridgehead atoms. The van der Waals surface area contributed by atoms with Gasteiger partial charge in [-0.25, -0.2) is 0 Å². The maximum Gasteiger partial charge on any atom is 0.119 e. The summed E-state index contributed by atoms with van der Waals surface area (Å²) in [5.74, 6) is 0.817. The quantitative estimate of drug-likeness (QED) is 0.848. The van der Waals surface area contributed by atoms with Crippen LogP contribution in [0, 0.1) is 0 Å². The van der Waals surface area contributed by atoms with Crippen molar-refractivity contribution in [2.24, 2.45) is 0 Å². The lowest BCUT2D eigenvalue weighted by Gasteiger charge is -2.22. The zero-order chi connectivity index (χ0) is 13.9. The SMILES string of the molecule is CC(C)(C)OCCOc1ccc2c(c1)C(O)CCC2. The van der Waals surface area contributed by atoms with Crippen LogP contribution in [0.3, 0.4) is 0 Å². The van der Waals surface area contributed by atoms with Crippen molar-refractivity contribution in [2.45, 2.75) is 51.7 Å². The van der Waals surface area contributed by atoms with Crippen LogP contribution in [0.4, 0.5) is 0 Å². The van der Waals surface area contributed by atoms with E-state index < -0.39 is 0 Å². The van der Waals surface area contributed by atoms with Crippen LogP contribution in [0.1, 0.15) is 50.8 Å². The highest BCUT2D eigenvalue weighted by atomic mass is 16.5. The molecular formula is C16H24O3. The second-order valence-corrected chi connectivity index (χ2v) is 6.08. The Balaban J connectivity index is 1.89. The Morgan fingerprint density at radius 2 is 2.05 bits per heavy atom. The van der Waals surface area contributed by atoms with E-state index in [-0.39, 0.29) is 11.7 Å². The van der Waals surface area contributed by atoms with Crippen molar-refractivity contribution in [2.75, 3.05) is 13.2 Å². The molecule has 0 amide bonds. The minimum Gasteiger partial charge on any atom is -0.491 e. The Bertz CT molecular complexity index is 420. The minimum absolute atomic E-state index is 0.130. The van der Waals surface area contributed by atoms with Crippen LogP contribution in [0.15, 0.2) is 18.2 Å². The van der Waals surface area contributed by atoms with Crippen LogP contribution in [0.25, 0.3) is 0 Å². The summed E-state index contributed by atoms with van der Waals surface area (Å²) in [6.45, 7) is 7.20. The number of rotatable bonds is 4. The molecular weight excluding hydrogens is 240 g/mol. The molecule has 19 heavy (non-hydrogen) atoms. The summed E-state index contributed by atoms with van der Waals surface area (Å²) < 4.78 is 11.3. The highest BCUT2D eigenvalue weighted by molar-refractivity contribution is 5.38. The summed E-state index contributed by atoms with van der Waals surface area (Å²) in [5.41, 5.74) is 2.15. The van der Waals surface area contributed by atoms with Gasteiger partial charge in [-0.05, 0) is 63.3 Å². The van der Waals surface area contributed by atoms with Crippen LogP contribution in [0.2, 0.25) is 0 Å². The molecule has 3 nitrogen and oxygen atoms in total. The zero-order valence-electron chi connectivity index (χ0n) is 12.1. The fourth-order valence-electron chi connectivity index (χ4n) is 2.35. The maximum absolute atomic E-state index is 9.98. The average molecular weight is 264 g/mol. The Morgan fingerprint density at radius 3 is 2.79 bits per heavy atom. The van der Waals surface area contributed by atoms with Crippen LogP contribution in [-0.2, 0) is 11.2 Å². The fourth-order valence-corrected chi connectivity index (χ4v) is 2.35. The first kappa shape index (κ1) is 14.4. The summed E-state index contributed by atoms with van der Waals surface area (Å²) in [5, 5.41) is 9.98. The third-order valence-corrected chi connectivity index (χ3v) is 3.29. The molecule has 0 spiro atoms. The molecule has 0 saturated heterocycles. The van der Waals surface area contributed by atoms with Gasteiger partial charge in [0, 0.05) is 0 Å². The number of aliphatic hydroxyl groups excluding tert-OH is 1. The van der Waals surface area contributed by atoms with E-state index in [1.807, 2.05) is 32.9 Å². The third kappa shape index (κ3) is 4.22. The summed E-state index contributed by atoms with van der Waals surface area (Å²) >= 11 is 0. The lowest BCUT2D eigenvalue weighted by molar-refractivity contribution is -0.0163. The molecule has 1 N–H and O–H groups in total. The first-order chi connectivity index (χ1) is 8.96. The molecule has 1 aromatic rings. The number of aryl methyl sites for hydroxylation is 1. The molecule has 1 aromatic carbocycles. The van der Waals surface area contributed by atoms with E-state index in [4.69, 9.17) is 9.47 Å². The summed E-state index contributed by atoms with van der Waals surface area (Å²) in [4.78, 5) is 0. The fraction of sp³-hybridized carbons (Fsp3) is 0.625. The highest BCUT2D eigenvalue weighted by Crippen LogP contribution is 2.32. The van der Waals surface area contributed by atoms with Gasteiger partial charge in [0.1, 0.15) is 12.4 Å². The van der Waals surface area contributed by atoms with Crippen molar-refractivity contribution in [1.29, 1.82) is 0 Å². The summed E-state index contributed by atoms with van der Waals surface area (Å²) in [7, 11) is 0. The highest BCUT2D eigenvalue weighted by Gasteiger charge is 2.18. The van der Waals surface area contributed by atoms with Gasteiger partial charge in [0.05, 0.1) is 18.3 Å². The van der Waals surface area contributed by atoms with Crippen LogP contribution >= 0.6 is 0 Å². The van der Waals surface area contributed by atoms with Crippen molar-refractivity contribution in [3.05, 3.63) is 29.3 Å². The number of benzene rings is 1. The van der Waals surface area contributed by atoms with E-state index >= 15 is 0 Å². The topological polar surface area (TPSA) is 38.7 Å². The van der Waals surface area contributed by atoms with Gasteiger partial charge >= 0.3 is 0 Å². The number of hydrogen-bond acceptors (Lipinski definition) is 3. The van der Waals surface area contributed by atoms with Crippen molar-refractivity contribution in [3.8, 4) is 5.75 Å². The van der Waals surface area contributed by atoms with Gasteiger partial charge in [-0.3, -0.25) is 0 Å². The van der Waals surface area contributed by atoms with Gasteiger partial charge in [-0.15, -0.1) is 0 Å². The number of fused-ring (bicyclic) bond motifs is 1. The molecule has 0 radical (unpaired) electrons. The van der Waals surface area contributed by atoms with E-state index in [9.17, 15) is 5.11 Å². The van der Waals surface area contributed by atoms with Gasteiger partial charge in [0.25, 0.3) is 0 Å². The Kier molecular flexibility index (Phi) is 4.48. The minimum atomic E-state index is -0.335. The molecule has 0 heterocycles. The molecule has 1 atom stereocenters. The monoisotopic (exact) mass is 264 g/mol. The van der Waals surface area contributed by atoms with Crippen LogP contribution < -0.4 is 4.74 Å². The predicted octanol–water partition coefficient (Wildman–Crippen LogP) is 3.25. The van der Waals surface area contributed by atoms with E-state index in [1.165, 1.54) is 5.56 Å². The van der Waals surface area contributed by atoms with Crippen LogP contribution in [0.5, 0.6) is 5.75 Å². The molecule has 1 unspecified atom stereocenters. The molecule has 1 aliphatic carbocycles. The van der Waals surface area contributed by atoms with Crippen LogP contribution in [-0.4, -0.2) is 23.9 Å². The van der Waals surface area contributed by atoms with Crippen molar-refractivity contribution < 1.29 is 14.6 Å². The molecule has 0 fully saturated rings. The maximum atomic E-state index is 9.98. The normalized spacial score (nSPS) is 19.1. The smallest absolute Gasteiger partial charge is 0.119 e. The Hall–Kier alpha value is -1.06. The molecule has 1 aliphatic rings. The molecule has 106 valence electrons. The van der Waals surface area contributed by atoms with Crippen molar-refractivity contribution >= 4 is 0 Å². The molecule has 0 saturated carbocycles. The van der Waals surface area contributed by atoms with E-state index in [0.717, 1.165) is 30.6 Å². The first-order valence-corrected chi connectivity index (χ1v) is 7.03.